The number of hydrogen-bond acceptors (Lipinski definition) is 3. The molecule has 0 saturated heterocycles. The molecule has 0 radical (unpaired) electrons. The first-order valence-electron chi connectivity index (χ1n) is 5.89. The maximum absolute atomic E-state index is 11.2. The van der Waals surface area contributed by atoms with Crippen molar-refractivity contribution in [3.05, 3.63) is 17.5 Å². The monoisotopic (exact) mass is 238 g/mol. The van der Waals surface area contributed by atoms with Crippen LogP contribution in [0.25, 0.3) is 0 Å². The van der Waals surface area contributed by atoms with E-state index in [-0.39, 0.29) is 5.91 Å². The summed E-state index contributed by atoms with van der Waals surface area (Å²) in [5.41, 5.74) is 7.07. The highest BCUT2D eigenvalue weighted by atomic mass is 16.1. The zero-order valence-electron chi connectivity index (χ0n) is 11.1. The summed E-state index contributed by atoms with van der Waals surface area (Å²) in [4.78, 5) is 11.2. The molecule has 0 unspecified atom stereocenters. The summed E-state index contributed by atoms with van der Waals surface area (Å²) in [5, 5.41) is 7.62. The van der Waals surface area contributed by atoms with Crippen LogP contribution in [-0.4, -0.2) is 22.2 Å². The molecule has 1 heterocycles. The lowest BCUT2D eigenvalue weighted by molar-refractivity contribution is -0.125. The summed E-state index contributed by atoms with van der Waals surface area (Å²) < 4.78 is 1.81. The molecule has 1 amide bonds. The van der Waals surface area contributed by atoms with Crippen molar-refractivity contribution < 1.29 is 4.79 Å². The van der Waals surface area contributed by atoms with Gasteiger partial charge in [-0.2, -0.15) is 5.10 Å². The molecule has 5 nitrogen and oxygen atoms in total. The number of carbonyl (C=O) groups excluding carboxylic acids is 1. The summed E-state index contributed by atoms with van der Waals surface area (Å²) in [6.45, 7) is 7.05. The van der Waals surface area contributed by atoms with Gasteiger partial charge in [0.05, 0.1) is 11.1 Å². The number of nitrogens with two attached hydrogens (primary N) is 1. The molecule has 0 aliphatic carbocycles. The summed E-state index contributed by atoms with van der Waals surface area (Å²) in [5.74, 6) is -0.285. The third-order valence-electron chi connectivity index (χ3n) is 2.88. The van der Waals surface area contributed by atoms with Gasteiger partial charge in [0.15, 0.2) is 0 Å². The molecular weight excluding hydrogens is 216 g/mol. The van der Waals surface area contributed by atoms with E-state index in [1.807, 2.05) is 31.8 Å². The molecule has 0 saturated carbocycles. The molecule has 0 bridgehead atoms. The average molecular weight is 238 g/mol. The van der Waals surface area contributed by atoms with Gasteiger partial charge >= 0.3 is 0 Å². The Morgan fingerprint density at radius 3 is 2.76 bits per heavy atom. The maximum Gasteiger partial charge on any atom is 0.224 e. The lowest BCUT2D eigenvalue weighted by Gasteiger charge is -2.20. The normalized spacial score (nSPS) is 11.8. The highest BCUT2D eigenvalue weighted by Crippen LogP contribution is 2.13. The van der Waals surface area contributed by atoms with Crippen molar-refractivity contribution >= 4 is 5.91 Å². The van der Waals surface area contributed by atoms with E-state index >= 15 is 0 Å². The fraction of sp³-hybridized carbons (Fsp3) is 0.667. The lowest BCUT2D eigenvalue weighted by atomic mass is 9.93. The van der Waals surface area contributed by atoms with Gasteiger partial charge in [0, 0.05) is 31.9 Å². The van der Waals surface area contributed by atoms with Gasteiger partial charge in [-0.25, -0.2) is 0 Å². The molecule has 0 aliphatic heterocycles. The Morgan fingerprint density at radius 1 is 1.59 bits per heavy atom. The average Bonchev–Trinajstić information content (AvgIpc) is 2.58. The molecule has 1 aromatic heterocycles. The minimum Gasteiger partial charge on any atom is -0.369 e. The van der Waals surface area contributed by atoms with Gasteiger partial charge in [-0.3, -0.25) is 9.48 Å². The van der Waals surface area contributed by atoms with Gasteiger partial charge in [-0.05, 0) is 20.3 Å². The second-order valence-electron chi connectivity index (χ2n) is 4.98. The van der Waals surface area contributed by atoms with Crippen LogP contribution < -0.4 is 11.1 Å². The Morgan fingerprint density at radius 2 is 2.24 bits per heavy atom. The summed E-state index contributed by atoms with van der Waals surface area (Å²) in [6, 6.07) is 0. The highest BCUT2D eigenvalue weighted by Gasteiger charge is 2.24. The number of carbonyl (C=O) groups is 1. The zero-order chi connectivity index (χ0) is 13.1. The van der Waals surface area contributed by atoms with E-state index in [0.717, 1.165) is 12.1 Å². The standard InChI is InChI=1S/C12H22N4O/c1-5-10-9(7-16(4)15-10)6-14-8-12(2,3)11(13)17/h7,14H,5-6,8H2,1-4H3,(H2,13,17). The number of nitrogens with one attached hydrogen (secondary N) is 1. The van der Waals surface area contributed by atoms with Crippen LogP contribution in [0.3, 0.4) is 0 Å². The van der Waals surface area contributed by atoms with Crippen molar-refractivity contribution in [2.24, 2.45) is 18.2 Å². The first-order valence-corrected chi connectivity index (χ1v) is 5.89. The predicted molar refractivity (Wildman–Crippen MR) is 67.3 cm³/mol. The molecule has 0 spiro atoms. The number of nitrogens with zero attached hydrogens (tertiary/aromatic N) is 2. The smallest absolute Gasteiger partial charge is 0.224 e. The SMILES string of the molecule is CCc1nn(C)cc1CNCC(C)(C)C(N)=O. The molecule has 0 atom stereocenters. The Bertz CT molecular complexity index is 395. The van der Waals surface area contributed by atoms with E-state index in [2.05, 4.69) is 17.3 Å². The third-order valence-corrected chi connectivity index (χ3v) is 2.88. The van der Waals surface area contributed by atoms with Crippen LogP contribution in [-0.2, 0) is 24.8 Å². The quantitative estimate of drug-likeness (QED) is 0.761. The molecule has 1 aromatic rings. The van der Waals surface area contributed by atoms with Crippen molar-refractivity contribution in [3.8, 4) is 0 Å². The third kappa shape index (κ3) is 3.56. The van der Waals surface area contributed by atoms with Crippen LogP contribution >= 0.6 is 0 Å². The number of primary amides is 1. The number of aryl methyl sites for hydroxylation is 2. The van der Waals surface area contributed by atoms with Crippen LogP contribution in [0.15, 0.2) is 6.20 Å². The number of hydrogen-bond donors (Lipinski definition) is 2. The summed E-state index contributed by atoms with van der Waals surface area (Å²) >= 11 is 0. The number of rotatable bonds is 6. The first-order chi connectivity index (χ1) is 7.86. The molecule has 0 fully saturated rings. The van der Waals surface area contributed by atoms with Crippen molar-refractivity contribution in [2.75, 3.05) is 6.54 Å². The second-order valence-corrected chi connectivity index (χ2v) is 4.98. The van der Waals surface area contributed by atoms with E-state index in [9.17, 15) is 4.79 Å². The van der Waals surface area contributed by atoms with Gasteiger partial charge in [-0.15, -0.1) is 0 Å². The van der Waals surface area contributed by atoms with E-state index in [1.165, 1.54) is 5.56 Å². The van der Waals surface area contributed by atoms with E-state index < -0.39 is 5.41 Å². The molecule has 3 N–H and O–H groups in total. The van der Waals surface area contributed by atoms with Crippen LogP contribution in [0, 0.1) is 5.41 Å². The second kappa shape index (κ2) is 5.31. The number of amides is 1. The molecule has 96 valence electrons. The fourth-order valence-electron chi connectivity index (χ4n) is 1.63. The first kappa shape index (κ1) is 13.7. The maximum atomic E-state index is 11.2. The van der Waals surface area contributed by atoms with Gasteiger partial charge in [0.1, 0.15) is 0 Å². The topological polar surface area (TPSA) is 72.9 Å². The molecular formula is C12H22N4O. The summed E-state index contributed by atoms with van der Waals surface area (Å²) in [7, 11) is 1.91. The highest BCUT2D eigenvalue weighted by molar-refractivity contribution is 5.80. The van der Waals surface area contributed by atoms with Crippen LogP contribution in [0.4, 0.5) is 0 Å². The molecule has 5 heteroatoms. The van der Waals surface area contributed by atoms with E-state index in [1.54, 1.807) is 0 Å². The summed E-state index contributed by atoms with van der Waals surface area (Å²) in [6.07, 6.45) is 2.92. The van der Waals surface area contributed by atoms with Crippen LogP contribution in [0.5, 0.6) is 0 Å². The minimum absolute atomic E-state index is 0.285. The Kier molecular flexibility index (Phi) is 4.28. The number of aromatic nitrogens is 2. The molecule has 17 heavy (non-hydrogen) atoms. The van der Waals surface area contributed by atoms with Gasteiger partial charge in [0.2, 0.25) is 5.91 Å². The van der Waals surface area contributed by atoms with Gasteiger partial charge < -0.3 is 11.1 Å². The van der Waals surface area contributed by atoms with Crippen molar-refractivity contribution in [2.45, 2.75) is 33.7 Å². The Balaban J connectivity index is 2.54. The van der Waals surface area contributed by atoms with E-state index in [4.69, 9.17) is 5.73 Å². The van der Waals surface area contributed by atoms with Crippen LogP contribution in [0.2, 0.25) is 0 Å². The fourth-order valence-corrected chi connectivity index (χ4v) is 1.63. The predicted octanol–water partition coefficient (Wildman–Crippen LogP) is 0.584. The largest absolute Gasteiger partial charge is 0.369 e. The molecule has 0 aliphatic rings. The lowest BCUT2D eigenvalue weighted by Crippen LogP contribution is -2.40. The van der Waals surface area contributed by atoms with Crippen molar-refractivity contribution in [1.82, 2.24) is 15.1 Å². The minimum atomic E-state index is -0.519. The van der Waals surface area contributed by atoms with Gasteiger partial charge in [-0.1, -0.05) is 6.92 Å². The Hall–Kier alpha value is -1.36. The van der Waals surface area contributed by atoms with E-state index in [0.29, 0.717) is 13.1 Å². The van der Waals surface area contributed by atoms with Crippen molar-refractivity contribution in [1.29, 1.82) is 0 Å². The molecule has 0 aromatic carbocycles. The molecule has 1 rings (SSSR count). The Labute approximate surface area is 102 Å². The van der Waals surface area contributed by atoms with Gasteiger partial charge in [0.25, 0.3) is 0 Å². The zero-order valence-corrected chi connectivity index (χ0v) is 11.1. The van der Waals surface area contributed by atoms with Crippen LogP contribution in [0.1, 0.15) is 32.0 Å². The van der Waals surface area contributed by atoms with Crippen molar-refractivity contribution in [3.63, 3.8) is 0 Å².